The van der Waals surface area contributed by atoms with E-state index in [-0.39, 0.29) is 0 Å². The molecule has 88 valence electrons. The summed E-state index contributed by atoms with van der Waals surface area (Å²) in [5, 5.41) is 20.0. The molecule has 1 aliphatic carbocycles. The van der Waals surface area contributed by atoms with E-state index in [0.717, 1.165) is 24.8 Å². The van der Waals surface area contributed by atoms with Crippen LogP contribution >= 0.6 is 0 Å². The Balaban J connectivity index is 2.20. The number of allylic oxidation sites excluding steroid dienone is 1. The second-order valence-corrected chi connectivity index (χ2v) is 4.55. The lowest BCUT2D eigenvalue weighted by Gasteiger charge is -2.36. The number of hydrogen-bond acceptors (Lipinski definition) is 3. The first-order valence-corrected chi connectivity index (χ1v) is 5.81. The van der Waals surface area contributed by atoms with Crippen molar-refractivity contribution < 1.29 is 14.9 Å². The van der Waals surface area contributed by atoms with Gasteiger partial charge in [0.15, 0.2) is 0 Å². The zero-order chi connectivity index (χ0) is 11.6. The monoisotopic (exact) mass is 222 g/mol. The molecule has 1 saturated heterocycles. The Morgan fingerprint density at radius 1 is 1.44 bits per heavy atom. The first-order chi connectivity index (χ1) is 7.69. The van der Waals surface area contributed by atoms with Crippen molar-refractivity contribution >= 4 is 0 Å². The largest absolute Gasteiger partial charge is 0.387 e. The van der Waals surface area contributed by atoms with Crippen molar-refractivity contribution in [2.75, 3.05) is 6.61 Å². The number of ether oxygens (including phenoxy) is 1. The molecule has 0 aromatic heterocycles. The van der Waals surface area contributed by atoms with Crippen LogP contribution in [0.5, 0.6) is 0 Å². The molecule has 2 rings (SSSR count). The van der Waals surface area contributed by atoms with Crippen LogP contribution < -0.4 is 0 Å². The summed E-state index contributed by atoms with van der Waals surface area (Å²) >= 11 is 0. The summed E-state index contributed by atoms with van der Waals surface area (Å²) < 4.78 is 5.72. The van der Waals surface area contributed by atoms with Crippen molar-refractivity contribution in [1.29, 1.82) is 0 Å². The third-order valence-electron chi connectivity index (χ3n) is 3.51. The first-order valence-electron chi connectivity index (χ1n) is 5.81. The molecule has 0 bridgehead atoms. The minimum absolute atomic E-state index is 0.557. The molecule has 0 radical (unpaired) electrons. The number of aliphatic hydroxyl groups is 2. The summed E-state index contributed by atoms with van der Waals surface area (Å²) in [7, 11) is 0. The van der Waals surface area contributed by atoms with Crippen LogP contribution in [-0.2, 0) is 4.74 Å². The summed E-state index contributed by atoms with van der Waals surface area (Å²) in [6.45, 7) is 2.43. The fourth-order valence-corrected chi connectivity index (χ4v) is 2.59. The highest BCUT2D eigenvalue weighted by atomic mass is 16.5. The van der Waals surface area contributed by atoms with Crippen molar-refractivity contribution in [3.63, 3.8) is 0 Å². The van der Waals surface area contributed by atoms with E-state index < -0.39 is 17.8 Å². The molecule has 1 aliphatic heterocycles. The van der Waals surface area contributed by atoms with Crippen molar-refractivity contribution in [1.82, 2.24) is 0 Å². The van der Waals surface area contributed by atoms with Crippen molar-refractivity contribution in [3.05, 3.63) is 11.6 Å². The van der Waals surface area contributed by atoms with E-state index in [1.165, 1.54) is 0 Å². The third-order valence-corrected chi connectivity index (χ3v) is 3.51. The van der Waals surface area contributed by atoms with Crippen LogP contribution in [0.25, 0.3) is 0 Å². The van der Waals surface area contributed by atoms with E-state index in [1.807, 2.05) is 0 Å². The highest BCUT2D eigenvalue weighted by Crippen LogP contribution is 2.43. The van der Waals surface area contributed by atoms with Crippen LogP contribution in [0.3, 0.4) is 0 Å². The molecule has 0 unspecified atom stereocenters. The van der Waals surface area contributed by atoms with Gasteiger partial charge in [-0.05, 0) is 37.8 Å². The molecule has 0 aromatic rings. The minimum Gasteiger partial charge on any atom is -0.387 e. The van der Waals surface area contributed by atoms with Crippen molar-refractivity contribution in [2.24, 2.45) is 0 Å². The van der Waals surface area contributed by atoms with Gasteiger partial charge in [0.1, 0.15) is 17.8 Å². The molecule has 2 fully saturated rings. The highest BCUT2D eigenvalue weighted by Gasteiger charge is 2.51. The maximum Gasteiger partial charge on any atom is 0.113 e. The van der Waals surface area contributed by atoms with Crippen LogP contribution in [0, 0.1) is 11.8 Å². The van der Waals surface area contributed by atoms with Gasteiger partial charge in [-0.15, -0.1) is 5.92 Å². The van der Waals surface area contributed by atoms with Gasteiger partial charge in [-0.1, -0.05) is 5.92 Å². The van der Waals surface area contributed by atoms with Crippen molar-refractivity contribution in [2.45, 2.75) is 50.4 Å². The lowest BCUT2D eigenvalue weighted by molar-refractivity contribution is -0.148. The Morgan fingerprint density at radius 3 is 2.88 bits per heavy atom. The summed E-state index contributed by atoms with van der Waals surface area (Å²) in [6.07, 6.45) is 3.60. The van der Waals surface area contributed by atoms with Gasteiger partial charge in [-0.2, -0.15) is 0 Å². The van der Waals surface area contributed by atoms with Gasteiger partial charge in [0.2, 0.25) is 0 Å². The van der Waals surface area contributed by atoms with Crippen LogP contribution in [0.1, 0.15) is 32.6 Å². The summed E-state index contributed by atoms with van der Waals surface area (Å²) in [5.74, 6) is 5.59. The van der Waals surface area contributed by atoms with Gasteiger partial charge in [0.25, 0.3) is 0 Å². The molecule has 0 amide bonds. The fraction of sp³-hybridized carbons (Fsp3) is 0.692. The van der Waals surface area contributed by atoms with E-state index >= 15 is 0 Å². The molecule has 16 heavy (non-hydrogen) atoms. The molecule has 2 aliphatic rings. The molecule has 0 aromatic carbocycles. The molecule has 3 atom stereocenters. The smallest absolute Gasteiger partial charge is 0.113 e. The number of rotatable bonds is 0. The van der Waals surface area contributed by atoms with E-state index in [0.29, 0.717) is 13.0 Å². The van der Waals surface area contributed by atoms with E-state index in [9.17, 15) is 10.2 Å². The van der Waals surface area contributed by atoms with Crippen LogP contribution in [0.2, 0.25) is 0 Å². The fourth-order valence-electron chi connectivity index (χ4n) is 2.59. The molecular weight excluding hydrogens is 204 g/mol. The lowest BCUT2D eigenvalue weighted by atomic mass is 9.90. The molecule has 3 nitrogen and oxygen atoms in total. The second-order valence-electron chi connectivity index (χ2n) is 4.55. The third kappa shape index (κ3) is 1.89. The van der Waals surface area contributed by atoms with Crippen molar-refractivity contribution in [3.8, 4) is 11.8 Å². The van der Waals surface area contributed by atoms with E-state index in [1.54, 1.807) is 13.0 Å². The van der Waals surface area contributed by atoms with Gasteiger partial charge in [-0.25, -0.2) is 0 Å². The average Bonchev–Trinajstić information content (AvgIpc) is 2.53. The highest BCUT2D eigenvalue weighted by molar-refractivity contribution is 5.31. The molecule has 3 heteroatoms. The summed E-state index contributed by atoms with van der Waals surface area (Å²) in [5.41, 5.74) is 0.239. The Morgan fingerprint density at radius 2 is 2.25 bits per heavy atom. The second kappa shape index (κ2) is 4.58. The van der Waals surface area contributed by atoms with Crippen LogP contribution in [-0.4, -0.2) is 34.6 Å². The quantitative estimate of drug-likeness (QED) is 0.601. The van der Waals surface area contributed by atoms with Gasteiger partial charge in [-0.3, -0.25) is 0 Å². The summed E-state index contributed by atoms with van der Waals surface area (Å²) in [4.78, 5) is 0. The Bertz CT molecular complexity index is 342. The summed E-state index contributed by atoms with van der Waals surface area (Å²) in [6, 6.07) is 0. The molecule has 2 N–H and O–H groups in total. The normalized spacial score (nSPS) is 41.1. The predicted molar refractivity (Wildman–Crippen MR) is 60.7 cm³/mol. The minimum atomic E-state index is -0.820. The lowest BCUT2D eigenvalue weighted by Crippen LogP contribution is -2.46. The Hall–Kier alpha value is -0.820. The van der Waals surface area contributed by atoms with Gasteiger partial charge < -0.3 is 14.9 Å². The maximum absolute atomic E-state index is 10.1. The number of hydrogen-bond donors (Lipinski definition) is 2. The Labute approximate surface area is 96.1 Å². The molecule has 1 saturated carbocycles. The first kappa shape index (κ1) is 11.7. The Kier molecular flexibility index (Phi) is 3.34. The standard InChI is InChI=1S/C13H18O3/c1-2-3-6-10-9-13(12(15)11(10)14)7-4-5-8-16-13/h6,11-12,14-15H,4-5,7-9H2,1H3/b10-6-/t11-,12+,13-/m1/s1. The van der Waals surface area contributed by atoms with Gasteiger partial charge >= 0.3 is 0 Å². The zero-order valence-electron chi connectivity index (χ0n) is 9.57. The molecular formula is C13H18O3. The molecule has 1 heterocycles. The average molecular weight is 222 g/mol. The molecule has 1 spiro atoms. The SMILES string of the molecule is CC#C/C=C1/C[C@]2(CCCCO2)[C@@H](O)[C@@H]1O. The zero-order valence-corrected chi connectivity index (χ0v) is 9.57. The van der Waals surface area contributed by atoms with Crippen LogP contribution in [0.15, 0.2) is 11.6 Å². The topological polar surface area (TPSA) is 49.7 Å². The van der Waals surface area contributed by atoms with Gasteiger partial charge in [0, 0.05) is 13.0 Å². The predicted octanol–water partition coefficient (Wildman–Crippen LogP) is 1.00. The van der Waals surface area contributed by atoms with Crippen LogP contribution in [0.4, 0.5) is 0 Å². The number of aliphatic hydroxyl groups excluding tert-OH is 2. The maximum atomic E-state index is 10.1. The van der Waals surface area contributed by atoms with E-state index in [4.69, 9.17) is 4.74 Å². The van der Waals surface area contributed by atoms with Gasteiger partial charge in [0.05, 0.1) is 0 Å². The van der Waals surface area contributed by atoms with E-state index in [2.05, 4.69) is 11.8 Å².